The lowest BCUT2D eigenvalue weighted by atomic mass is 10.2. The van der Waals surface area contributed by atoms with Gasteiger partial charge in [0.05, 0.1) is 0 Å². The van der Waals surface area contributed by atoms with Gasteiger partial charge in [-0.05, 0) is 32.6 Å². The van der Waals surface area contributed by atoms with Crippen LogP contribution < -0.4 is 15.5 Å². The normalized spacial score (nSPS) is 14.2. The molecule has 1 aromatic rings. The van der Waals surface area contributed by atoms with Crippen molar-refractivity contribution in [3.8, 4) is 0 Å². The molecule has 2 N–H and O–H groups in total. The van der Waals surface area contributed by atoms with Crippen LogP contribution in [0.1, 0.15) is 39.5 Å². The molecule has 6 heteroatoms. The van der Waals surface area contributed by atoms with Crippen molar-refractivity contribution in [3.63, 3.8) is 0 Å². The number of nitrogens with zero attached hydrogens (tertiary/aromatic N) is 4. The number of nitrogens with one attached hydrogen (secondary N) is 2. The van der Waals surface area contributed by atoms with Gasteiger partial charge in [0.1, 0.15) is 0 Å². The Balaban J connectivity index is 1.96. The van der Waals surface area contributed by atoms with Crippen molar-refractivity contribution in [2.45, 2.75) is 39.5 Å². The largest absolute Gasteiger partial charge is 0.357 e. The molecule has 1 heterocycles. The molecule has 0 radical (unpaired) electrons. The molecule has 1 aromatic heterocycles. The quantitative estimate of drug-likeness (QED) is 0.676. The first-order valence-corrected chi connectivity index (χ1v) is 7.69. The smallest absolute Gasteiger partial charge is 0.231 e. The highest BCUT2D eigenvalue weighted by molar-refractivity contribution is 5.43. The second-order valence-electron chi connectivity index (χ2n) is 5.22. The van der Waals surface area contributed by atoms with E-state index in [1.54, 1.807) is 0 Å². The van der Waals surface area contributed by atoms with Gasteiger partial charge in [0.2, 0.25) is 17.8 Å². The fourth-order valence-corrected chi connectivity index (χ4v) is 2.20. The molecule has 0 unspecified atom stereocenters. The number of aromatic nitrogens is 3. The lowest BCUT2D eigenvalue weighted by molar-refractivity contribution is 0.684. The van der Waals surface area contributed by atoms with E-state index in [9.17, 15) is 0 Å². The maximum absolute atomic E-state index is 4.51. The van der Waals surface area contributed by atoms with Crippen LogP contribution in [0.4, 0.5) is 17.8 Å². The number of anilines is 3. The summed E-state index contributed by atoms with van der Waals surface area (Å²) < 4.78 is 0. The highest BCUT2D eigenvalue weighted by Gasteiger charge is 2.20. The van der Waals surface area contributed by atoms with Gasteiger partial charge in [-0.2, -0.15) is 15.0 Å². The van der Waals surface area contributed by atoms with E-state index in [0.717, 1.165) is 31.5 Å². The van der Waals surface area contributed by atoms with Crippen LogP contribution in [0.25, 0.3) is 0 Å². The van der Waals surface area contributed by atoms with Gasteiger partial charge in [-0.25, -0.2) is 0 Å². The van der Waals surface area contributed by atoms with Gasteiger partial charge in [-0.1, -0.05) is 12.8 Å². The minimum Gasteiger partial charge on any atom is -0.357 e. The SMILES string of the molecule is CCN(CC)c1nc(NC)nc(NCCCC2CC2)n1. The van der Waals surface area contributed by atoms with Gasteiger partial charge in [-0.3, -0.25) is 0 Å². The summed E-state index contributed by atoms with van der Waals surface area (Å²) >= 11 is 0. The van der Waals surface area contributed by atoms with Crippen LogP contribution in [-0.2, 0) is 0 Å². The Morgan fingerprint density at radius 2 is 1.80 bits per heavy atom. The third-order valence-corrected chi connectivity index (χ3v) is 3.66. The summed E-state index contributed by atoms with van der Waals surface area (Å²) in [7, 11) is 1.83. The van der Waals surface area contributed by atoms with Crippen molar-refractivity contribution in [3.05, 3.63) is 0 Å². The molecule has 1 aliphatic rings. The lowest BCUT2D eigenvalue weighted by Crippen LogP contribution is -2.25. The molecule has 1 aliphatic carbocycles. The Bertz CT molecular complexity index is 414. The summed E-state index contributed by atoms with van der Waals surface area (Å²) in [4.78, 5) is 15.4. The molecule has 0 saturated heterocycles. The molecule has 112 valence electrons. The molecule has 0 aromatic carbocycles. The van der Waals surface area contributed by atoms with Crippen molar-refractivity contribution in [1.29, 1.82) is 0 Å². The summed E-state index contributed by atoms with van der Waals surface area (Å²) in [5.41, 5.74) is 0. The zero-order valence-electron chi connectivity index (χ0n) is 12.8. The molecular formula is C14H26N6. The van der Waals surface area contributed by atoms with Crippen LogP contribution >= 0.6 is 0 Å². The van der Waals surface area contributed by atoms with E-state index < -0.39 is 0 Å². The zero-order valence-corrected chi connectivity index (χ0v) is 12.8. The average molecular weight is 278 g/mol. The molecule has 0 bridgehead atoms. The molecule has 0 aliphatic heterocycles. The van der Waals surface area contributed by atoms with E-state index >= 15 is 0 Å². The highest BCUT2D eigenvalue weighted by Crippen LogP contribution is 2.33. The van der Waals surface area contributed by atoms with E-state index in [1.807, 2.05) is 7.05 Å². The van der Waals surface area contributed by atoms with Crippen molar-refractivity contribution in [2.75, 3.05) is 42.2 Å². The Morgan fingerprint density at radius 1 is 1.10 bits per heavy atom. The van der Waals surface area contributed by atoms with Crippen molar-refractivity contribution in [2.24, 2.45) is 5.92 Å². The van der Waals surface area contributed by atoms with Gasteiger partial charge in [0, 0.05) is 26.7 Å². The van der Waals surface area contributed by atoms with E-state index in [2.05, 4.69) is 44.3 Å². The maximum Gasteiger partial charge on any atom is 0.231 e. The molecule has 0 spiro atoms. The summed E-state index contributed by atoms with van der Waals surface area (Å²) in [6, 6.07) is 0. The third kappa shape index (κ3) is 4.21. The zero-order chi connectivity index (χ0) is 14.4. The summed E-state index contributed by atoms with van der Waals surface area (Å²) in [6.45, 7) is 6.93. The fourth-order valence-electron chi connectivity index (χ4n) is 2.20. The topological polar surface area (TPSA) is 66.0 Å². The summed E-state index contributed by atoms with van der Waals surface area (Å²) in [6.07, 6.45) is 5.34. The van der Waals surface area contributed by atoms with Gasteiger partial charge < -0.3 is 15.5 Å². The average Bonchev–Trinajstić information content (AvgIpc) is 3.29. The summed E-state index contributed by atoms with van der Waals surface area (Å²) in [5.74, 6) is 3.00. The predicted octanol–water partition coefficient (Wildman–Crippen LogP) is 2.36. The van der Waals surface area contributed by atoms with E-state index in [1.165, 1.54) is 25.7 Å². The third-order valence-electron chi connectivity index (χ3n) is 3.66. The van der Waals surface area contributed by atoms with Crippen molar-refractivity contribution >= 4 is 17.8 Å². The standard InChI is InChI=1S/C14H26N6/c1-4-20(5-2)14-18-12(15-3)17-13(19-14)16-10-6-7-11-8-9-11/h11H,4-10H2,1-3H3,(H2,15,16,17,18,19). The van der Waals surface area contributed by atoms with Gasteiger partial charge in [0.15, 0.2) is 0 Å². The first-order chi connectivity index (χ1) is 9.76. The Hall–Kier alpha value is -1.59. The maximum atomic E-state index is 4.51. The fraction of sp³-hybridized carbons (Fsp3) is 0.786. The van der Waals surface area contributed by atoms with E-state index in [-0.39, 0.29) is 0 Å². The molecule has 2 rings (SSSR count). The van der Waals surface area contributed by atoms with Crippen LogP contribution in [0.5, 0.6) is 0 Å². The first-order valence-electron chi connectivity index (χ1n) is 7.69. The Morgan fingerprint density at radius 3 is 2.40 bits per heavy atom. The van der Waals surface area contributed by atoms with Gasteiger partial charge in [0.25, 0.3) is 0 Å². The van der Waals surface area contributed by atoms with E-state index in [0.29, 0.717) is 11.9 Å². The van der Waals surface area contributed by atoms with Crippen LogP contribution in [-0.4, -0.2) is 41.6 Å². The van der Waals surface area contributed by atoms with E-state index in [4.69, 9.17) is 0 Å². The molecule has 1 fully saturated rings. The van der Waals surface area contributed by atoms with Crippen molar-refractivity contribution in [1.82, 2.24) is 15.0 Å². The first kappa shape index (κ1) is 14.8. The Kier molecular flexibility index (Phi) is 5.38. The highest BCUT2D eigenvalue weighted by atomic mass is 15.3. The molecular weight excluding hydrogens is 252 g/mol. The molecule has 0 atom stereocenters. The van der Waals surface area contributed by atoms with Crippen LogP contribution in [0.2, 0.25) is 0 Å². The van der Waals surface area contributed by atoms with Crippen LogP contribution in [0, 0.1) is 5.92 Å². The monoisotopic (exact) mass is 278 g/mol. The Labute approximate surface area is 121 Å². The second kappa shape index (κ2) is 7.26. The molecule has 20 heavy (non-hydrogen) atoms. The molecule has 1 saturated carbocycles. The minimum absolute atomic E-state index is 0.617. The number of hydrogen-bond acceptors (Lipinski definition) is 6. The lowest BCUT2D eigenvalue weighted by Gasteiger charge is -2.19. The van der Waals surface area contributed by atoms with Crippen LogP contribution in [0.3, 0.4) is 0 Å². The molecule has 6 nitrogen and oxygen atoms in total. The van der Waals surface area contributed by atoms with Gasteiger partial charge >= 0.3 is 0 Å². The molecule has 0 amide bonds. The van der Waals surface area contributed by atoms with Gasteiger partial charge in [-0.15, -0.1) is 0 Å². The minimum atomic E-state index is 0.617. The van der Waals surface area contributed by atoms with Crippen LogP contribution in [0.15, 0.2) is 0 Å². The van der Waals surface area contributed by atoms with Crippen molar-refractivity contribution < 1.29 is 0 Å². The summed E-state index contributed by atoms with van der Waals surface area (Å²) in [5, 5.41) is 6.32. The number of hydrogen-bond donors (Lipinski definition) is 2. The predicted molar refractivity (Wildman–Crippen MR) is 83.4 cm³/mol. The number of rotatable bonds is 9. The second-order valence-corrected chi connectivity index (χ2v) is 5.22.